The molecule has 24 heavy (non-hydrogen) atoms. The highest BCUT2D eigenvalue weighted by molar-refractivity contribution is 8.00. The summed E-state index contributed by atoms with van der Waals surface area (Å²) in [6, 6.07) is 10.6. The minimum Gasteiger partial charge on any atom is -0.508 e. The van der Waals surface area contributed by atoms with Crippen molar-refractivity contribution in [2.75, 3.05) is 5.75 Å². The monoisotopic (exact) mass is 342 g/mol. The molecule has 0 aliphatic carbocycles. The fourth-order valence-electron chi connectivity index (χ4n) is 2.63. The number of benzene rings is 1. The zero-order valence-electron chi connectivity index (χ0n) is 13.7. The normalized spacial score (nSPS) is 11.0. The van der Waals surface area contributed by atoms with Gasteiger partial charge in [0.1, 0.15) is 11.5 Å². The number of rotatable bonds is 5. The van der Waals surface area contributed by atoms with E-state index in [2.05, 4.69) is 5.16 Å². The third kappa shape index (κ3) is 3.23. The van der Waals surface area contributed by atoms with Gasteiger partial charge in [0.05, 0.1) is 5.75 Å². The van der Waals surface area contributed by atoms with Gasteiger partial charge < -0.3 is 9.63 Å². The van der Waals surface area contributed by atoms with Crippen LogP contribution in [-0.4, -0.2) is 26.4 Å². The Morgan fingerprint density at radius 2 is 1.92 bits per heavy atom. The van der Waals surface area contributed by atoms with Gasteiger partial charge >= 0.3 is 0 Å². The van der Waals surface area contributed by atoms with E-state index >= 15 is 0 Å². The predicted molar refractivity (Wildman–Crippen MR) is 93.2 cm³/mol. The molecule has 0 fully saturated rings. The maximum atomic E-state index is 12.6. The summed E-state index contributed by atoms with van der Waals surface area (Å²) >= 11 is 1.45. The average Bonchev–Trinajstić information content (AvgIpc) is 3.09. The van der Waals surface area contributed by atoms with Gasteiger partial charge in [0.2, 0.25) is 0 Å². The van der Waals surface area contributed by atoms with Gasteiger partial charge in [-0.3, -0.25) is 9.36 Å². The van der Waals surface area contributed by atoms with E-state index in [1.807, 2.05) is 37.5 Å². The van der Waals surface area contributed by atoms with Gasteiger partial charge in [-0.1, -0.05) is 5.16 Å². The Balaban J connectivity index is 1.79. The number of Topliss-reactive ketones (excluding diaryl/α,β-unsaturated/α-hetero) is 1. The minimum atomic E-state index is 0.0626. The Bertz CT molecular complexity index is 878. The number of hydrogen-bond acceptors (Lipinski definition) is 5. The molecule has 3 aromatic rings. The zero-order chi connectivity index (χ0) is 17.3. The average molecular weight is 342 g/mol. The summed E-state index contributed by atoms with van der Waals surface area (Å²) < 4.78 is 7.06. The Morgan fingerprint density at radius 1 is 1.21 bits per heavy atom. The Kier molecular flexibility index (Phi) is 4.49. The molecule has 2 heterocycles. The summed E-state index contributed by atoms with van der Waals surface area (Å²) in [4.78, 5) is 13.5. The topological polar surface area (TPSA) is 68.3 Å². The lowest BCUT2D eigenvalue weighted by Crippen LogP contribution is -2.05. The SMILES string of the molecule is Cc1cc(-n2c(C)cc(C(=O)CSc3ccc(O)cc3)c2C)no1. The number of nitrogens with zero attached hydrogens (tertiary/aromatic N) is 2. The van der Waals surface area contributed by atoms with Crippen molar-refractivity contribution in [3.05, 3.63) is 59.1 Å². The molecule has 0 unspecified atom stereocenters. The highest BCUT2D eigenvalue weighted by Crippen LogP contribution is 2.25. The lowest BCUT2D eigenvalue weighted by atomic mass is 10.2. The number of carbonyl (C=O) groups is 1. The smallest absolute Gasteiger partial charge is 0.180 e. The highest BCUT2D eigenvalue weighted by Gasteiger charge is 2.18. The van der Waals surface area contributed by atoms with Crippen LogP contribution in [0.5, 0.6) is 5.75 Å². The first kappa shape index (κ1) is 16.4. The van der Waals surface area contributed by atoms with Gasteiger partial charge in [-0.05, 0) is 51.1 Å². The van der Waals surface area contributed by atoms with Gasteiger partial charge in [0, 0.05) is 27.9 Å². The minimum absolute atomic E-state index is 0.0626. The van der Waals surface area contributed by atoms with Crippen LogP contribution in [0.1, 0.15) is 27.5 Å². The van der Waals surface area contributed by atoms with Crippen LogP contribution in [0.15, 0.2) is 45.8 Å². The van der Waals surface area contributed by atoms with Crippen molar-refractivity contribution in [2.45, 2.75) is 25.7 Å². The molecule has 0 bridgehead atoms. The number of phenolic OH excluding ortho intramolecular Hbond substituents is 1. The molecule has 0 aliphatic rings. The summed E-state index contributed by atoms with van der Waals surface area (Å²) in [6.45, 7) is 5.70. The van der Waals surface area contributed by atoms with Gasteiger partial charge in [0.15, 0.2) is 11.6 Å². The second-order valence-electron chi connectivity index (χ2n) is 5.62. The molecule has 0 atom stereocenters. The molecule has 3 rings (SSSR count). The summed E-state index contributed by atoms with van der Waals surface area (Å²) in [5.41, 5.74) is 2.50. The van der Waals surface area contributed by atoms with Crippen LogP contribution in [0.25, 0.3) is 5.82 Å². The molecule has 0 saturated heterocycles. The fraction of sp³-hybridized carbons (Fsp3) is 0.222. The lowest BCUT2D eigenvalue weighted by molar-refractivity contribution is 0.102. The number of aryl methyl sites for hydroxylation is 2. The first-order valence-electron chi connectivity index (χ1n) is 7.53. The Labute approximate surface area is 144 Å². The van der Waals surface area contributed by atoms with E-state index in [1.54, 1.807) is 24.3 Å². The van der Waals surface area contributed by atoms with Crippen molar-refractivity contribution in [3.63, 3.8) is 0 Å². The molecule has 5 nitrogen and oxygen atoms in total. The van der Waals surface area contributed by atoms with E-state index in [-0.39, 0.29) is 11.5 Å². The number of thioether (sulfide) groups is 1. The molecule has 1 aromatic carbocycles. The Hall–Kier alpha value is -2.47. The number of hydrogen-bond donors (Lipinski definition) is 1. The number of phenols is 1. The van der Waals surface area contributed by atoms with Crippen molar-refractivity contribution in [1.82, 2.24) is 9.72 Å². The fourth-order valence-corrected chi connectivity index (χ4v) is 3.41. The van der Waals surface area contributed by atoms with Gasteiger partial charge in [-0.2, -0.15) is 0 Å². The number of carbonyl (C=O) groups excluding carboxylic acids is 1. The van der Waals surface area contributed by atoms with Crippen LogP contribution in [-0.2, 0) is 0 Å². The van der Waals surface area contributed by atoms with E-state index in [0.717, 1.165) is 22.0 Å². The van der Waals surface area contributed by atoms with Crippen molar-refractivity contribution in [3.8, 4) is 11.6 Å². The largest absolute Gasteiger partial charge is 0.508 e. The molecule has 0 aliphatic heterocycles. The van der Waals surface area contributed by atoms with Crippen molar-refractivity contribution in [1.29, 1.82) is 0 Å². The van der Waals surface area contributed by atoms with Crippen molar-refractivity contribution in [2.24, 2.45) is 0 Å². The molecule has 6 heteroatoms. The number of ketones is 1. The molecule has 0 saturated carbocycles. The molecular weight excluding hydrogens is 324 g/mol. The quantitative estimate of drug-likeness (QED) is 0.559. The van der Waals surface area contributed by atoms with Crippen molar-refractivity contribution >= 4 is 17.5 Å². The third-order valence-corrected chi connectivity index (χ3v) is 4.79. The van der Waals surface area contributed by atoms with Crippen LogP contribution in [0.2, 0.25) is 0 Å². The molecule has 0 spiro atoms. The van der Waals surface area contributed by atoms with Crippen LogP contribution in [0.4, 0.5) is 0 Å². The van der Waals surface area contributed by atoms with Crippen LogP contribution in [0.3, 0.4) is 0 Å². The van der Waals surface area contributed by atoms with E-state index in [4.69, 9.17) is 4.52 Å². The summed E-state index contributed by atoms with van der Waals surface area (Å²) in [5.74, 6) is 2.04. The summed E-state index contributed by atoms with van der Waals surface area (Å²) in [7, 11) is 0. The van der Waals surface area contributed by atoms with Gasteiger partial charge in [-0.25, -0.2) is 0 Å². The first-order valence-corrected chi connectivity index (χ1v) is 8.52. The second-order valence-corrected chi connectivity index (χ2v) is 6.67. The molecule has 0 radical (unpaired) electrons. The first-order chi connectivity index (χ1) is 11.5. The predicted octanol–water partition coefficient (Wildman–Crippen LogP) is 4.07. The van der Waals surface area contributed by atoms with Crippen LogP contribution < -0.4 is 0 Å². The van der Waals surface area contributed by atoms with E-state index in [0.29, 0.717) is 17.1 Å². The maximum absolute atomic E-state index is 12.6. The Morgan fingerprint density at radius 3 is 2.54 bits per heavy atom. The molecule has 2 aromatic heterocycles. The molecule has 1 N–H and O–H groups in total. The van der Waals surface area contributed by atoms with Gasteiger partial charge in [0.25, 0.3) is 0 Å². The number of aromatic hydroxyl groups is 1. The van der Waals surface area contributed by atoms with Crippen molar-refractivity contribution < 1.29 is 14.4 Å². The molecular formula is C18H18N2O3S. The highest BCUT2D eigenvalue weighted by atomic mass is 32.2. The summed E-state index contributed by atoms with van der Waals surface area (Å²) in [5, 5.41) is 13.3. The number of aromatic nitrogens is 2. The third-order valence-electron chi connectivity index (χ3n) is 3.78. The van der Waals surface area contributed by atoms with E-state index in [1.165, 1.54) is 11.8 Å². The maximum Gasteiger partial charge on any atom is 0.180 e. The van der Waals surface area contributed by atoms with E-state index in [9.17, 15) is 9.90 Å². The summed E-state index contributed by atoms with van der Waals surface area (Å²) in [6.07, 6.45) is 0. The van der Waals surface area contributed by atoms with Crippen LogP contribution in [0, 0.1) is 20.8 Å². The zero-order valence-corrected chi connectivity index (χ0v) is 14.6. The second kappa shape index (κ2) is 6.57. The standard InChI is InChI=1S/C18H18N2O3S/c1-11-8-16(13(3)20(11)18-9-12(2)23-19-18)17(22)10-24-15-6-4-14(21)5-7-15/h4-9,21H,10H2,1-3H3. The van der Waals surface area contributed by atoms with E-state index < -0.39 is 0 Å². The van der Waals surface area contributed by atoms with Crippen LogP contribution >= 0.6 is 11.8 Å². The van der Waals surface area contributed by atoms with Gasteiger partial charge in [-0.15, -0.1) is 11.8 Å². The lowest BCUT2D eigenvalue weighted by Gasteiger charge is -2.05. The molecule has 0 amide bonds. The molecule has 124 valence electrons.